The maximum Gasteiger partial charge on any atom is 0.311 e. The van der Waals surface area contributed by atoms with Crippen molar-refractivity contribution >= 4 is 11.8 Å². The minimum atomic E-state index is -0.346. The first kappa shape index (κ1) is 19.5. The third kappa shape index (κ3) is 3.24. The predicted octanol–water partition coefficient (Wildman–Crippen LogP) is 4.55. The first-order valence-corrected chi connectivity index (χ1v) is 9.60. The lowest BCUT2D eigenvalue weighted by Gasteiger charge is -2.36. The summed E-state index contributed by atoms with van der Waals surface area (Å²) in [7, 11) is 0. The number of fused-ring (bicyclic) bond motifs is 3. The molecule has 3 rings (SSSR count). The van der Waals surface area contributed by atoms with E-state index in [-0.39, 0.29) is 53.3 Å². The molecule has 2 heterocycles. The van der Waals surface area contributed by atoms with Crippen molar-refractivity contribution in [3.8, 4) is 17.2 Å². The highest BCUT2D eigenvalue weighted by molar-refractivity contribution is 6.05. The number of ether oxygens (including phenoxy) is 2. The number of phenolic OH excluding ortho intramolecular Hbond substituents is 1. The van der Waals surface area contributed by atoms with Crippen molar-refractivity contribution in [1.82, 2.24) is 0 Å². The molecule has 3 atom stereocenters. The molecule has 5 heteroatoms. The van der Waals surface area contributed by atoms with Crippen LogP contribution in [-0.4, -0.2) is 23.0 Å². The van der Waals surface area contributed by atoms with Gasteiger partial charge in [-0.15, -0.1) is 0 Å². The van der Waals surface area contributed by atoms with Gasteiger partial charge in [0.05, 0.1) is 12.3 Å². The van der Waals surface area contributed by atoms with Crippen LogP contribution >= 0.6 is 0 Å². The second kappa shape index (κ2) is 7.02. The van der Waals surface area contributed by atoms with E-state index in [2.05, 4.69) is 0 Å². The van der Waals surface area contributed by atoms with Crippen molar-refractivity contribution in [2.45, 2.75) is 66.4 Å². The summed E-state index contributed by atoms with van der Waals surface area (Å²) >= 11 is 0. The fourth-order valence-electron chi connectivity index (χ4n) is 3.80. The highest BCUT2D eigenvalue weighted by Crippen LogP contribution is 2.53. The second-order valence-electron chi connectivity index (χ2n) is 8.26. The van der Waals surface area contributed by atoms with Crippen LogP contribution in [0, 0.1) is 11.8 Å². The molecular weight excluding hydrogens is 344 g/mol. The van der Waals surface area contributed by atoms with E-state index >= 15 is 0 Å². The molecule has 146 valence electrons. The van der Waals surface area contributed by atoms with Crippen LogP contribution in [0.2, 0.25) is 0 Å². The Bertz CT molecular complexity index is 830. The molecule has 0 bridgehead atoms. The van der Waals surface area contributed by atoms with Gasteiger partial charge in [-0.25, -0.2) is 0 Å². The number of allylic oxidation sites excluding steroid dienone is 2. The molecule has 5 nitrogen and oxygen atoms in total. The van der Waals surface area contributed by atoms with E-state index in [1.165, 1.54) is 0 Å². The van der Waals surface area contributed by atoms with Crippen molar-refractivity contribution in [3.63, 3.8) is 0 Å². The van der Waals surface area contributed by atoms with Gasteiger partial charge in [-0.1, -0.05) is 32.4 Å². The van der Waals surface area contributed by atoms with Crippen molar-refractivity contribution in [2.24, 2.45) is 11.8 Å². The number of aromatic hydroxyl groups is 1. The van der Waals surface area contributed by atoms with Gasteiger partial charge in [0.25, 0.3) is 0 Å². The Balaban J connectivity index is 2.35. The molecule has 0 amide bonds. The van der Waals surface area contributed by atoms with Gasteiger partial charge in [0, 0.05) is 17.0 Å². The maximum absolute atomic E-state index is 13.0. The summed E-state index contributed by atoms with van der Waals surface area (Å²) in [4.78, 5) is 25.3. The molecule has 2 aliphatic heterocycles. The Labute approximate surface area is 160 Å². The monoisotopic (exact) mass is 372 g/mol. The van der Waals surface area contributed by atoms with Crippen LogP contribution in [-0.2, 0) is 11.2 Å². The van der Waals surface area contributed by atoms with Gasteiger partial charge >= 0.3 is 5.97 Å². The molecule has 0 aromatic heterocycles. The van der Waals surface area contributed by atoms with Crippen LogP contribution in [0.1, 0.15) is 75.4 Å². The first-order valence-electron chi connectivity index (χ1n) is 9.60. The average Bonchev–Trinajstić information content (AvgIpc) is 2.58. The number of hydrogen-bond acceptors (Lipinski definition) is 5. The number of Topliss-reactive ketones (excluding diaryl/α,β-unsaturated/α-hetero) is 1. The van der Waals surface area contributed by atoms with Crippen molar-refractivity contribution in [3.05, 3.63) is 28.3 Å². The quantitative estimate of drug-likeness (QED) is 0.479. The molecule has 1 aromatic rings. The van der Waals surface area contributed by atoms with Gasteiger partial charge < -0.3 is 14.6 Å². The van der Waals surface area contributed by atoms with E-state index in [1.807, 2.05) is 47.6 Å². The van der Waals surface area contributed by atoms with E-state index in [4.69, 9.17) is 9.47 Å². The normalized spacial score (nSPS) is 24.0. The number of rotatable bonds is 3. The van der Waals surface area contributed by atoms with Crippen LogP contribution < -0.4 is 9.47 Å². The molecule has 1 N–H and O–H groups in total. The Hall–Kier alpha value is -2.30. The molecule has 0 spiro atoms. The number of ketones is 1. The van der Waals surface area contributed by atoms with E-state index in [0.717, 1.165) is 11.1 Å². The molecule has 0 saturated heterocycles. The van der Waals surface area contributed by atoms with Crippen LogP contribution in [0.5, 0.6) is 17.2 Å². The minimum Gasteiger partial charge on any atom is -0.507 e. The fourth-order valence-corrected chi connectivity index (χ4v) is 3.80. The maximum atomic E-state index is 13.0. The molecular formula is C22H28O5. The van der Waals surface area contributed by atoms with E-state index in [1.54, 1.807) is 0 Å². The highest BCUT2D eigenvalue weighted by atomic mass is 16.5. The summed E-state index contributed by atoms with van der Waals surface area (Å²) < 4.78 is 11.7. The number of carbonyl (C=O) groups is 2. The standard InChI is InChI=1S/C22H28O5/c1-10(2)7-8-14-20(25)18-19(24)12(5)13(6)26-22(18)17-15(11(3)4)9-16(23)27-21(14)17/h7,11-13,15,25H,8-9H2,1-6H3/t12-,13+,15+/m1/s1. The SMILES string of the molecule is CC(C)=CCc1c(O)c2c(c3c1OC(=O)C[C@H]3C(C)C)O[C@@H](C)[C@@H](C)C2=O. The van der Waals surface area contributed by atoms with Gasteiger partial charge in [0.1, 0.15) is 28.9 Å². The minimum absolute atomic E-state index is 0.116. The van der Waals surface area contributed by atoms with Crippen LogP contribution in [0.4, 0.5) is 0 Å². The van der Waals surface area contributed by atoms with Crippen LogP contribution in [0.25, 0.3) is 0 Å². The van der Waals surface area contributed by atoms with Gasteiger partial charge in [-0.3, -0.25) is 9.59 Å². The topological polar surface area (TPSA) is 72.8 Å². The Kier molecular flexibility index (Phi) is 5.06. The number of carbonyl (C=O) groups excluding carboxylic acids is 2. The van der Waals surface area contributed by atoms with Crippen molar-refractivity contribution in [2.75, 3.05) is 0 Å². The second-order valence-corrected chi connectivity index (χ2v) is 8.26. The van der Waals surface area contributed by atoms with Crippen molar-refractivity contribution < 1.29 is 24.2 Å². The Morgan fingerprint density at radius 1 is 1.22 bits per heavy atom. The average molecular weight is 372 g/mol. The van der Waals surface area contributed by atoms with E-state index in [9.17, 15) is 14.7 Å². The third-order valence-electron chi connectivity index (χ3n) is 5.67. The lowest BCUT2D eigenvalue weighted by molar-refractivity contribution is -0.136. The zero-order valence-corrected chi connectivity index (χ0v) is 16.9. The summed E-state index contributed by atoms with van der Waals surface area (Å²) in [6.45, 7) is 11.7. The van der Waals surface area contributed by atoms with Gasteiger partial charge in [0.2, 0.25) is 0 Å². The van der Waals surface area contributed by atoms with Gasteiger partial charge in [0.15, 0.2) is 5.78 Å². The van der Waals surface area contributed by atoms with Crippen molar-refractivity contribution in [1.29, 1.82) is 0 Å². The Morgan fingerprint density at radius 2 is 1.89 bits per heavy atom. The summed E-state index contributed by atoms with van der Waals surface area (Å²) in [6, 6.07) is 0. The summed E-state index contributed by atoms with van der Waals surface area (Å²) in [6.07, 6.45) is 2.28. The zero-order valence-electron chi connectivity index (χ0n) is 16.9. The molecule has 0 radical (unpaired) electrons. The molecule has 2 aliphatic rings. The first-order chi connectivity index (χ1) is 12.6. The fraction of sp³-hybridized carbons (Fsp3) is 0.545. The lowest BCUT2D eigenvalue weighted by Crippen LogP contribution is -2.36. The molecule has 1 aromatic carbocycles. The lowest BCUT2D eigenvalue weighted by atomic mass is 9.78. The summed E-state index contributed by atoms with van der Waals surface area (Å²) in [5.74, 6) is -0.101. The Morgan fingerprint density at radius 3 is 2.48 bits per heavy atom. The third-order valence-corrected chi connectivity index (χ3v) is 5.67. The largest absolute Gasteiger partial charge is 0.507 e. The van der Waals surface area contributed by atoms with E-state index in [0.29, 0.717) is 23.5 Å². The summed E-state index contributed by atoms with van der Waals surface area (Å²) in [5, 5.41) is 11.0. The smallest absolute Gasteiger partial charge is 0.311 e. The van der Waals surface area contributed by atoms with E-state index < -0.39 is 0 Å². The molecule has 0 saturated carbocycles. The van der Waals surface area contributed by atoms with Crippen LogP contribution in [0.3, 0.4) is 0 Å². The zero-order chi connectivity index (χ0) is 20.0. The number of phenols is 1. The molecule has 0 unspecified atom stereocenters. The number of benzene rings is 1. The highest BCUT2D eigenvalue weighted by Gasteiger charge is 2.43. The van der Waals surface area contributed by atoms with Crippen LogP contribution in [0.15, 0.2) is 11.6 Å². The van der Waals surface area contributed by atoms with Gasteiger partial charge in [-0.05, 0) is 33.1 Å². The molecule has 27 heavy (non-hydrogen) atoms. The molecule has 0 fully saturated rings. The molecule has 0 aliphatic carbocycles. The number of esters is 1. The summed E-state index contributed by atoms with van der Waals surface area (Å²) in [5.41, 5.74) is 2.55. The van der Waals surface area contributed by atoms with Gasteiger partial charge in [-0.2, -0.15) is 0 Å². The predicted molar refractivity (Wildman–Crippen MR) is 103 cm³/mol. The number of hydrogen-bond donors (Lipinski definition) is 1.